The monoisotopic (exact) mass is 321 g/mol. The van der Waals surface area contributed by atoms with Crippen molar-refractivity contribution in [2.24, 2.45) is 0 Å². The second kappa shape index (κ2) is 7.84. The molecule has 0 fully saturated rings. The fourth-order valence-corrected chi connectivity index (χ4v) is 2.13. The molecule has 1 N–H and O–H groups in total. The van der Waals surface area contributed by atoms with Gasteiger partial charge in [0.25, 0.3) is 5.91 Å². The van der Waals surface area contributed by atoms with E-state index in [1.54, 1.807) is 31.4 Å². The van der Waals surface area contributed by atoms with Gasteiger partial charge >= 0.3 is 0 Å². The number of ether oxygens (including phenoxy) is 1. The number of nitrogens with one attached hydrogen (secondary N) is 1. The second-order valence-corrected chi connectivity index (χ2v) is 5.31. The first-order valence-corrected chi connectivity index (χ1v) is 7.38. The molecule has 0 bridgehead atoms. The van der Waals surface area contributed by atoms with Crippen molar-refractivity contribution in [3.8, 4) is 11.8 Å². The van der Waals surface area contributed by atoms with Crippen LogP contribution in [-0.2, 0) is 4.79 Å². The molecule has 0 aliphatic rings. The average Bonchev–Trinajstić information content (AvgIpc) is 2.60. The lowest BCUT2D eigenvalue weighted by Crippen LogP contribution is -2.14. The van der Waals surface area contributed by atoms with E-state index in [1.165, 1.54) is 6.08 Å². The molecular formula is C19H19N3O2. The van der Waals surface area contributed by atoms with Gasteiger partial charge in [-0.1, -0.05) is 18.2 Å². The third-order valence-electron chi connectivity index (χ3n) is 3.45. The summed E-state index contributed by atoms with van der Waals surface area (Å²) in [7, 11) is 5.43. The molecule has 0 aliphatic heterocycles. The van der Waals surface area contributed by atoms with Gasteiger partial charge in [0.05, 0.1) is 7.11 Å². The molecule has 0 saturated carbocycles. The number of benzene rings is 2. The molecule has 0 heterocycles. The van der Waals surface area contributed by atoms with Crippen molar-refractivity contribution in [3.05, 3.63) is 59.7 Å². The van der Waals surface area contributed by atoms with E-state index in [9.17, 15) is 10.1 Å². The summed E-state index contributed by atoms with van der Waals surface area (Å²) in [5.41, 5.74) is 2.34. The van der Waals surface area contributed by atoms with Gasteiger partial charge in [-0.15, -0.1) is 0 Å². The number of amides is 1. The molecule has 0 spiro atoms. The van der Waals surface area contributed by atoms with Crippen molar-refractivity contribution in [2.75, 3.05) is 31.4 Å². The molecule has 0 saturated heterocycles. The van der Waals surface area contributed by atoms with Gasteiger partial charge in [0.1, 0.15) is 17.4 Å². The van der Waals surface area contributed by atoms with E-state index in [0.29, 0.717) is 17.0 Å². The minimum atomic E-state index is -0.457. The predicted molar refractivity (Wildman–Crippen MR) is 96.0 cm³/mol. The zero-order valence-electron chi connectivity index (χ0n) is 13.9. The molecule has 2 aromatic rings. The van der Waals surface area contributed by atoms with Crippen molar-refractivity contribution in [1.82, 2.24) is 0 Å². The Morgan fingerprint density at radius 1 is 1.17 bits per heavy atom. The molecular weight excluding hydrogens is 302 g/mol. The summed E-state index contributed by atoms with van der Waals surface area (Å²) in [5.74, 6) is 0.148. The fraction of sp³-hybridized carbons (Fsp3) is 0.158. The molecule has 0 atom stereocenters. The molecule has 24 heavy (non-hydrogen) atoms. The Labute approximate surface area is 141 Å². The molecule has 2 aromatic carbocycles. The molecule has 1 amide bonds. The topological polar surface area (TPSA) is 65.4 Å². The zero-order valence-corrected chi connectivity index (χ0v) is 13.9. The number of carbonyl (C=O) groups is 1. The highest BCUT2D eigenvalue weighted by Gasteiger charge is 2.11. The van der Waals surface area contributed by atoms with Crippen molar-refractivity contribution >= 4 is 23.4 Å². The van der Waals surface area contributed by atoms with Crippen LogP contribution in [0.3, 0.4) is 0 Å². The summed E-state index contributed by atoms with van der Waals surface area (Å²) in [4.78, 5) is 14.3. The van der Waals surface area contributed by atoms with Crippen LogP contribution >= 0.6 is 0 Å². The van der Waals surface area contributed by atoms with Crippen molar-refractivity contribution < 1.29 is 9.53 Å². The Kier molecular flexibility index (Phi) is 5.58. The fourth-order valence-electron chi connectivity index (χ4n) is 2.13. The van der Waals surface area contributed by atoms with E-state index < -0.39 is 5.91 Å². The summed E-state index contributed by atoms with van der Waals surface area (Å²) in [6, 6.07) is 16.5. The quantitative estimate of drug-likeness (QED) is 0.678. The van der Waals surface area contributed by atoms with Crippen LogP contribution < -0.4 is 15.0 Å². The minimum Gasteiger partial charge on any atom is -0.496 e. The van der Waals surface area contributed by atoms with Crippen molar-refractivity contribution in [1.29, 1.82) is 5.26 Å². The third-order valence-corrected chi connectivity index (χ3v) is 3.45. The normalized spacial score (nSPS) is 10.7. The lowest BCUT2D eigenvalue weighted by Gasteiger charge is -2.13. The summed E-state index contributed by atoms with van der Waals surface area (Å²) in [6.07, 6.45) is 1.52. The first-order valence-electron chi connectivity index (χ1n) is 7.38. The SMILES string of the molecule is COc1ccccc1/C=C(/C#N)C(=O)Nc1ccc(N(C)C)cc1. The van der Waals surface area contributed by atoms with Gasteiger partial charge < -0.3 is 15.0 Å². The number of hydrogen-bond donors (Lipinski definition) is 1. The Morgan fingerprint density at radius 3 is 2.42 bits per heavy atom. The van der Waals surface area contributed by atoms with E-state index in [2.05, 4.69) is 5.32 Å². The van der Waals surface area contributed by atoms with Gasteiger partial charge in [-0.3, -0.25) is 4.79 Å². The maximum atomic E-state index is 12.3. The number of anilines is 2. The first kappa shape index (κ1) is 17.1. The first-order chi connectivity index (χ1) is 11.5. The van der Waals surface area contributed by atoms with Crippen LogP contribution in [0.25, 0.3) is 6.08 Å². The molecule has 0 radical (unpaired) electrons. The molecule has 0 aromatic heterocycles. The van der Waals surface area contributed by atoms with Crippen LogP contribution in [0.1, 0.15) is 5.56 Å². The number of carbonyl (C=O) groups excluding carboxylic acids is 1. The largest absolute Gasteiger partial charge is 0.496 e. The maximum absolute atomic E-state index is 12.3. The van der Waals surface area contributed by atoms with Crippen LogP contribution in [0.5, 0.6) is 5.75 Å². The Bertz CT molecular complexity index is 787. The van der Waals surface area contributed by atoms with Crippen molar-refractivity contribution in [2.45, 2.75) is 0 Å². The van der Waals surface area contributed by atoms with Gasteiger partial charge in [-0.2, -0.15) is 5.26 Å². The number of rotatable bonds is 5. The smallest absolute Gasteiger partial charge is 0.266 e. The highest BCUT2D eigenvalue weighted by Crippen LogP contribution is 2.21. The highest BCUT2D eigenvalue weighted by molar-refractivity contribution is 6.09. The predicted octanol–water partition coefficient (Wildman–Crippen LogP) is 3.31. The number of methoxy groups -OCH3 is 1. The van der Waals surface area contributed by atoms with Crippen molar-refractivity contribution in [3.63, 3.8) is 0 Å². The van der Waals surface area contributed by atoms with Crippen LogP contribution in [0.15, 0.2) is 54.1 Å². The van der Waals surface area contributed by atoms with E-state index in [0.717, 1.165) is 5.69 Å². The molecule has 122 valence electrons. The highest BCUT2D eigenvalue weighted by atomic mass is 16.5. The zero-order chi connectivity index (χ0) is 17.5. The van der Waals surface area contributed by atoms with Crippen LogP contribution in [-0.4, -0.2) is 27.1 Å². The van der Waals surface area contributed by atoms with Crippen LogP contribution in [0, 0.1) is 11.3 Å². The van der Waals surface area contributed by atoms with E-state index in [-0.39, 0.29) is 5.57 Å². The Balaban J connectivity index is 2.20. The minimum absolute atomic E-state index is 0.0104. The molecule has 5 nitrogen and oxygen atoms in total. The van der Waals surface area contributed by atoms with Crippen LogP contribution in [0.2, 0.25) is 0 Å². The molecule has 5 heteroatoms. The molecule has 0 unspecified atom stereocenters. The van der Waals surface area contributed by atoms with Gasteiger partial charge in [0, 0.05) is 31.0 Å². The van der Waals surface area contributed by atoms with E-state index in [1.807, 2.05) is 49.3 Å². The van der Waals surface area contributed by atoms with Gasteiger partial charge in [0.15, 0.2) is 0 Å². The summed E-state index contributed by atoms with van der Waals surface area (Å²) >= 11 is 0. The summed E-state index contributed by atoms with van der Waals surface area (Å²) in [5, 5.41) is 12.0. The number of nitriles is 1. The lowest BCUT2D eigenvalue weighted by atomic mass is 10.1. The number of nitrogens with zero attached hydrogens (tertiary/aromatic N) is 2. The standard InChI is InChI=1S/C19H19N3O2/c1-22(2)17-10-8-16(9-11-17)21-19(23)15(13-20)12-14-6-4-5-7-18(14)24-3/h4-12H,1-3H3,(H,21,23)/b15-12-. The second-order valence-electron chi connectivity index (χ2n) is 5.31. The number of para-hydroxylation sites is 1. The Hall–Kier alpha value is -3.26. The van der Waals surface area contributed by atoms with Crippen LogP contribution in [0.4, 0.5) is 11.4 Å². The number of hydrogen-bond acceptors (Lipinski definition) is 4. The van der Waals surface area contributed by atoms with E-state index >= 15 is 0 Å². The van der Waals surface area contributed by atoms with Gasteiger partial charge in [0.2, 0.25) is 0 Å². The molecule has 0 aliphatic carbocycles. The Morgan fingerprint density at radius 2 is 1.83 bits per heavy atom. The third kappa shape index (κ3) is 4.14. The van der Waals surface area contributed by atoms with Gasteiger partial charge in [-0.05, 0) is 36.4 Å². The van der Waals surface area contributed by atoms with E-state index in [4.69, 9.17) is 4.74 Å². The average molecular weight is 321 g/mol. The summed E-state index contributed by atoms with van der Waals surface area (Å²) in [6.45, 7) is 0. The summed E-state index contributed by atoms with van der Waals surface area (Å²) < 4.78 is 5.23. The lowest BCUT2D eigenvalue weighted by molar-refractivity contribution is -0.112. The van der Waals surface area contributed by atoms with Gasteiger partial charge in [-0.25, -0.2) is 0 Å². The maximum Gasteiger partial charge on any atom is 0.266 e. The molecule has 2 rings (SSSR count).